The number of carbonyl (C=O) groups is 2. The molecule has 4 aromatic rings. The smallest absolute Gasteiger partial charge is 0.255 e. The zero-order valence-corrected chi connectivity index (χ0v) is 23.0. The Balaban J connectivity index is 2.07. The van der Waals surface area contributed by atoms with Crippen molar-refractivity contribution in [1.82, 2.24) is 4.98 Å². The van der Waals surface area contributed by atoms with Gasteiger partial charge in [0.1, 0.15) is 19.1 Å². The molecule has 0 spiro atoms. The van der Waals surface area contributed by atoms with E-state index in [-0.39, 0.29) is 22.9 Å². The van der Waals surface area contributed by atoms with E-state index in [0.29, 0.717) is 32.3 Å². The second kappa shape index (κ2) is 9.64. The van der Waals surface area contributed by atoms with Crippen molar-refractivity contribution in [3.8, 4) is 22.4 Å². The van der Waals surface area contributed by atoms with Gasteiger partial charge in [-0.3, -0.25) is 9.59 Å². The number of ketones is 1. The number of hydrogen-bond acceptors (Lipinski definition) is 5. The zero-order valence-electron chi connectivity index (χ0n) is 21.5. The number of pyridine rings is 1. The number of rotatable bonds is 5. The molecule has 0 unspecified atom stereocenters. The Morgan fingerprint density at radius 1 is 0.973 bits per heavy atom. The Kier molecular flexibility index (Phi) is 7.01. The monoisotopic (exact) mass is 536 g/mol. The predicted octanol–water partition coefficient (Wildman–Crippen LogP) is 5.67. The summed E-state index contributed by atoms with van der Waals surface area (Å²) in [4.78, 5) is 30.9. The first-order valence-electron chi connectivity index (χ1n) is 11.8. The SMILES string of the molecule is Bc1ccc(-c2nc3oc(C(=O)C(C)(C)C)c(NC(=O)C(C)(C)O)c3cc2-c2ccc(Cl)cc2)c(Cl)c1. The lowest BCUT2D eigenvalue weighted by Gasteiger charge is -2.19. The molecule has 9 heteroatoms. The van der Waals surface area contributed by atoms with Gasteiger partial charge in [0.25, 0.3) is 5.91 Å². The number of fused-ring (bicyclic) bond motifs is 1. The minimum Gasteiger partial charge on any atom is -0.432 e. The minimum atomic E-state index is -1.69. The maximum atomic E-state index is 13.4. The van der Waals surface area contributed by atoms with Gasteiger partial charge in [-0.2, -0.15) is 0 Å². The number of Topliss-reactive ketones (excluding diaryl/α,β-unsaturated/α-hetero) is 1. The molecule has 1 amide bonds. The number of nitrogens with one attached hydrogen (secondary N) is 1. The number of hydrogen-bond donors (Lipinski definition) is 2. The lowest BCUT2D eigenvalue weighted by atomic mass is 9.88. The number of nitrogens with zero attached hydrogens (tertiary/aromatic N) is 1. The molecule has 2 aromatic carbocycles. The second-order valence-corrected chi connectivity index (χ2v) is 11.5. The largest absolute Gasteiger partial charge is 0.432 e. The average Bonchev–Trinajstić information content (AvgIpc) is 3.14. The lowest BCUT2D eigenvalue weighted by Crippen LogP contribution is -2.37. The standard InChI is InChI=1S/C28H27BCl2N2O4/c1-27(2,3)24(34)23-22(33-26(35)28(4,5)36)19-13-18(14-6-9-16(30)10-7-14)21(32-25(19)37-23)17-11-8-15(29)12-20(17)31/h6-13,36H,29H2,1-5H3,(H,33,35). The van der Waals surface area contributed by atoms with Crippen LogP contribution >= 0.6 is 23.2 Å². The van der Waals surface area contributed by atoms with E-state index in [1.54, 1.807) is 39.0 Å². The van der Waals surface area contributed by atoms with Gasteiger partial charge in [-0.1, -0.05) is 73.7 Å². The highest BCUT2D eigenvalue weighted by Crippen LogP contribution is 2.41. The number of halogens is 2. The number of furan rings is 1. The third kappa shape index (κ3) is 5.44. The summed E-state index contributed by atoms with van der Waals surface area (Å²) in [6, 6.07) is 14.7. The molecule has 2 heterocycles. The Bertz CT molecular complexity index is 1530. The average molecular weight is 537 g/mol. The lowest BCUT2D eigenvalue weighted by molar-refractivity contribution is -0.130. The van der Waals surface area contributed by atoms with Gasteiger partial charge in [0.2, 0.25) is 11.5 Å². The predicted molar refractivity (Wildman–Crippen MR) is 152 cm³/mol. The molecule has 0 aliphatic rings. The molecule has 190 valence electrons. The summed E-state index contributed by atoms with van der Waals surface area (Å²) in [5.74, 6) is -1.04. The highest BCUT2D eigenvalue weighted by molar-refractivity contribution is 6.38. The van der Waals surface area contributed by atoms with Crippen molar-refractivity contribution >= 4 is 65.0 Å². The van der Waals surface area contributed by atoms with E-state index in [1.165, 1.54) is 13.8 Å². The molecule has 6 nitrogen and oxygen atoms in total. The van der Waals surface area contributed by atoms with Crippen LogP contribution in [-0.4, -0.2) is 35.2 Å². The fourth-order valence-electron chi connectivity index (χ4n) is 3.78. The first-order valence-corrected chi connectivity index (χ1v) is 12.5. The number of carbonyl (C=O) groups excluding carboxylic acids is 2. The van der Waals surface area contributed by atoms with Crippen molar-refractivity contribution in [1.29, 1.82) is 0 Å². The van der Waals surface area contributed by atoms with E-state index in [4.69, 9.17) is 32.6 Å². The van der Waals surface area contributed by atoms with Crippen LogP contribution in [0.2, 0.25) is 10.0 Å². The molecule has 0 saturated carbocycles. The maximum absolute atomic E-state index is 13.4. The summed E-state index contributed by atoms with van der Waals surface area (Å²) in [5, 5.41) is 14.5. The molecule has 0 atom stereocenters. The molecule has 4 rings (SSSR count). The van der Waals surface area contributed by atoms with Crippen molar-refractivity contribution in [3.63, 3.8) is 0 Å². The topological polar surface area (TPSA) is 92.4 Å². The van der Waals surface area contributed by atoms with Crippen LogP contribution in [0, 0.1) is 5.41 Å². The first-order chi connectivity index (χ1) is 17.2. The number of benzene rings is 2. The highest BCUT2D eigenvalue weighted by atomic mass is 35.5. The van der Waals surface area contributed by atoms with Gasteiger partial charge in [0, 0.05) is 26.6 Å². The van der Waals surface area contributed by atoms with E-state index in [0.717, 1.165) is 11.0 Å². The van der Waals surface area contributed by atoms with Crippen LogP contribution in [-0.2, 0) is 4.79 Å². The Labute approximate surface area is 226 Å². The summed E-state index contributed by atoms with van der Waals surface area (Å²) in [6.07, 6.45) is 0. The van der Waals surface area contributed by atoms with Gasteiger partial charge < -0.3 is 14.8 Å². The second-order valence-electron chi connectivity index (χ2n) is 10.6. The van der Waals surface area contributed by atoms with Gasteiger partial charge in [-0.15, -0.1) is 0 Å². The van der Waals surface area contributed by atoms with Crippen LogP contribution in [0.25, 0.3) is 33.5 Å². The summed E-state index contributed by atoms with van der Waals surface area (Å²) >= 11 is 12.8. The van der Waals surface area contributed by atoms with E-state index in [9.17, 15) is 14.7 Å². The maximum Gasteiger partial charge on any atom is 0.255 e. The quantitative estimate of drug-likeness (QED) is 0.253. The number of amides is 1. The number of aromatic nitrogens is 1. The van der Waals surface area contributed by atoms with E-state index in [2.05, 4.69) is 5.32 Å². The molecule has 0 fully saturated rings. The molecule has 0 aliphatic heterocycles. The Hall–Kier alpha value is -3.13. The van der Waals surface area contributed by atoms with E-state index in [1.807, 2.05) is 38.2 Å². The number of aliphatic hydroxyl groups is 1. The van der Waals surface area contributed by atoms with Crippen molar-refractivity contribution in [3.05, 3.63) is 64.3 Å². The number of anilines is 1. The van der Waals surface area contributed by atoms with Crippen LogP contribution in [0.1, 0.15) is 45.2 Å². The van der Waals surface area contributed by atoms with Crippen molar-refractivity contribution in [2.75, 3.05) is 5.32 Å². The van der Waals surface area contributed by atoms with Gasteiger partial charge in [0.05, 0.1) is 11.1 Å². The molecule has 0 aliphatic carbocycles. The molecule has 2 aromatic heterocycles. The Morgan fingerprint density at radius 2 is 1.62 bits per heavy atom. The van der Waals surface area contributed by atoms with E-state index >= 15 is 0 Å². The van der Waals surface area contributed by atoms with Gasteiger partial charge in [-0.05, 0) is 43.7 Å². The Morgan fingerprint density at radius 3 is 2.19 bits per heavy atom. The first kappa shape index (κ1) is 26.9. The fourth-order valence-corrected chi connectivity index (χ4v) is 4.23. The zero-order chi connectivity index (χ0) is 27.3. The minimum absolute atomic E-state index is 0.0400. The molecule has 0 bridgehead atoms. The van der Waals surface area contributed by atoms with Crippen LogP contribution in [0.4, 0.5) is 5.69 Å². The van der Waals surface area contributed by atoms with Crippen LogP contribution in [0.5, 0.6) is 0 Å². The van der Waals surface area contributed by atoms with Crippen LogP contribution in [0.3, 0.4) is 0 Å². The summed E-state index contributed by atoms with van der Waals surface area (Å²) < 4.78 is 6.02. The molecule has 0 radical (unpaired) electrons. The summed E-state index contributed by atoms with van der Waals surface area (Å²) in [6.45, 7) is 8.01. The third-order valence-corrected chi connectivity index (χ3v) is 6.46. The van der Waals surface area contributed by atoms with Crippen LogP contribution in [0.15, 0.2) is 52.9 Å². The summed E-state index contributed by atoms with van der Waals surface area (Å²) in [5.41, 5.74) is 1.55. The molecule has 2 N–H and O–H groups in total. The van der Waals surface area contributed by atoms with Crippen molar-refractivity contribution in [2.45, 2.75) is 40.2 Å². The molecule has 0 saturated heterocycles. The van der Waals surface area contributed by atoms with E-state index < -0.39 is 16.9 Å². The van der Waals surface area contributed by atoms with Gasteiger partial charge in [0.15, 0.2) is 5.76 Å². The molecular weight excluding hydrogens is 510 g/mol. The van der Waals surface area contributed by atoms with Crippen molar-refractivity contribution in [2.24, 2.45) is 5.41 Å². The molecular formula is C28H27BCl2N2O4. The molecule has 37 heavy (non-hydrogen) atoms. The third-order valence-electron chi connectivity index (χ3n) is 5.90. The normalized spacial score (nSPS) is 12.1. The van der Waals surface area contributed by atoms with Gasteiger partial charge >= 0.3 is 0 Å². The highest BCUT2D eigenvalue weighted by Gasteiger charge is 2.34. The van der Waals surface area contributed by atoms with Crippen LogP contribution < -0.4 is 10.8 Å². The van der Waals surface area contributed by atoms with Crippen molar-refractivity contribution < 1.29 is 19.1 Å². The fraction of sp³-hybridized carbons (Fsp3) is 0.250. The summed E-state index contributed by atoms with van der Waals surface area (Å²) in [7, 11) is 1.95. The van der Waals surface area contributed by atoms with Gasteiger partial charge in [-0.25, -0.2) is 4.98 Å².